The van der Waals surface area contributed by atoms with E-state index in [1.807, 2.05) is 60.7 Å². The topological polar surface area (TPSA) is 90.4 Å². The summed E-state index contributed by atoms with van der Waals surface area (Å²) in [6.07, 6.45) is 0. The van der Waals surface area contributed by atoms with Gasteiger partial charge in [-0.2, -0.15) is 5.26 Å². The summed E-state index contributed by atoms with van der Waals surface area (Å²) in [6.45, 7) is 41.2. The van der Waals surface area contributed by atoms with Crippen molar-refractivity contribution in [2.75, 3.05) is 0 Å². The molecule has 8 nitrogen and oxygen atoms in total. The van der Waals surface area contributed by atoms with Gasteiger partial charge < -0.3 is 18.1 Å². The van der Waals surface area contributed by atoms with E-state index in [1.54, 1.807) is 0 Å². The highest BCUT2D eigenvalue weighted by atomic mass is 16.3. The van der Waals surface area contributed by atoms with Crippen LogP contribution in [0.15, 0.2) is 192 Å². The van der Waals surface area contributed by atoms with Crippen molar-refractivity contribution in [3.63, 3.8) is 0 Å². The Morgan fingerprint density at radius 1 is 0.302 bits per heavy atom. The van der Waals surface area contributed by atoms with Crippen LogP contribution in [0.3, 0.4) is 0 Å². The Balaban J connectivity index is 1.23. The van der Waals surface area contributed by atoms with Gasteiger partial charge in [0.05, 0.1) is 55.4 Å². The predicted octanol–water partition coefficient (Wildman–Crippen LogP) is 23.7. The predicted molar refractivity (Wildman–Crippen MR) is 403 cm³/mol. The number of furan rings is 1. The van der Waals surface area contributed by atoms with E-state index in [-0.39, 0.29) is 32.5 Å². The van der Waals surface area contributed by atoms with Crippen LogP contribution in [0.2, 0.25) is 0 Å². The van der Waals surface area contributed by atoms with Crippen LogP contribution in [0.1, 0.15) is 164 Å². The molecule has 0 saturated carbocycles. The first-order chi connectivity index (χ1) is 45.4. The SMILES string of the molecule is CC(C)(C)c1ccc2c(c1)c1cc(C(C)(C)C)ccc1n2-c1c(C#N)c(-n2c3ccc(C(C)(C)C)cc3c3cc(C(C)(C)C)ccc32)c2oc3c(-c4nc(-c5ccccc5)nc(-c5ccccc5)n4)cccc3c2c1-n1c2ccc(C(C)(C)C)cc2c2cc(C(C)(C)C)ccc21. The minimum Gasteiger partial charge on any atom is -0.453 e. The van der Waals surface area contributed by atoms with Gasteiger partial charge in [-0.3, -0.25) is 0 Å². The van der Waals surface area contributed by atoms with Gasteiger partial charge in [0.2, 0.25) is 0 Å². The van der Waals surface area contributed by atoms with E-state index in [0.717, 1.165) is 98.7 Å². The van der Waals surface area contributed by atoms with Crippen molar-refractivity contribution < 1.29 is 4.42 Å². The zero-order valence-corrected chi connectivity index (χ0v) is 58.9. The highest BCUT2D eigenvalue weighted by Crippen LogP contribution is 2.52. The molecule has 15 aromatic rings. The van der Waals surface area contributed by atoms with E-state index in [2.05, 4.69) is 272 Å². The number of benzene rings is 10. The van der Waals surface area contributed by atoms with Crippen LogP contribution in [0.25, 0.3) is 139 Å². The second kappa shape index (κ2) is 21.5. The monoisotopic (exact) mass is 1260 g/mol. The maximum atomic E-state index is 13.2. The Bertz CT molecular complexity index is 5490. The molecular weight excluding hydrogens is 1170 g/mol. The Morgan fingerprint density at radius 2 is 0.604 bits per heavy atom. The highest BCUT2D eigenvalue weighted by Gasteiger charge is 2.36. The van der Waals surface area contributed by atoms with Gasteiger partial charge in [-0.15, -0.1) is 0 Å². The molecule has 5 aromatic heterocycles. The molecule has 0 fully saturated rings. The van der Waals surface area contributed by atoms with E-state index >= 15 is 0 Å². The van der Waals surface area contributed by atoms with Crippen LogP contribution in [0.5, 0.6) is 0 Å². The molecule has 0 N–H and O–H groups in total. The van der Waals surface area contributed by atoms with Crippen LogP contribution >= 0.6 is 0 Å². The van der Waals surface area contributed by atoms with E-state index in [9.17, 15) is 5.26 Å². The summed E-state index contributed by atoms with van der Waals surface area (Å²) >= 11 is 0. The molecular formula is C88H85N7O. The molecule has 15 rings (SSSR count). The van der Waals surface area contributed by atoms with Crippen molar-refractivity contribution in [2.45, 2.75) is 157 Å². The molecule has 10 aromatic carbocycles. The largest absolute Gasteiger partial charge is 0.453 e. The van der Waals surface area contributed by atoms with Crippen molar-refractivity contribution in [2.24, 2.45) is 0 Å². The smallest absolute Gasteiger partial charge is 0.167 e. The van der Waals surface area contributed by atoms with Gasteiger partial charge in [0.1, 0.15) is 22.9 Å². The summed E-state index contributed by atoms with van der Waals surface area (Å²) in [5, 5.41) is 21.6. The number of para-hydroxylation sites is 1. The lowest BCUT2D eigenvalue weighted by Gasteiger charge is -2.24. The lowest BCUT2D eigenvalue weighted by molar-refractivity contribution is 0.590. The summed E-state index contributed by atoms with van der Waals surface area (Å²) < 4.78 is 15.3. The third kappa shape index (κ3) is 10.0. The third-order valence-electron chi connectivity index (χ3n) is 20.1. The number of nitrogens with zero attached hydrogens (tertiary/aromatic N) is 7. The third-order valence-corrected chi connectivity index (χ3v) is 20.1. The van der Waals surface area contributed by atoms with E-state index in [0.29, 0.717) is 45.5 Å². The number of aromatic nitrogens is 6. The van der Waals surface area contributed by atoms with E-state index < -0.39 is 0 Å². The fourth-order valence-electron chi connectivity index (χ4n) is 14.4. The van der Waals surface area contributed by atoms with Crippen LogP contribution in [-0.2, 0) is 32.5 Å². The molecule has 0 aliphatic carbocycles. The summed E-state index contributed by atoms with van der Waals surface area (Å²) in [5.41, 5.74) is 18.6. The van der Waals surface area contributed by atoms with Crippen molar-refractivity contribution in [1.82, 2.24) is 28.7 Å². The molecule has 0 spiro atoms. The van der Waals surface area contributed by atoms with Crippen LogP contribution in [0.4, 0.5) is 0 Å². The molecule has 0 amide bonds. The molecule has 0 unspecified atom stereocenters. The Labute approximate surface area is 563 Å². The molecule has 0 aliphatic heterocycles. The quantitative estimate of drug-likeness (QED) is 0.165. The Kier molecular flexibility index (Phi) is 13.9. The Hall–Kier alpha value is -10.1. The minimum atomic E-state index is -0.161. The average molecular weight is 1260 g/mol. The number of rotatable bonds is 6. The lowest BCUT2D eigenvalue weighted by atomic mass is 9.85. The van der Waals surface area contributed by atoms with E-state index in [1.165, 1.54) is 33.4 Å². The van der Waals surface area contributed by atoms with Gasteiger partial charge in [0.15, 0.2) is 23.1 Å². The number of nitriles is 1. The maximum absolute atomic E-state index is 13.2. The molecule has 478 valence electrons. The molecule has 0 aliphatic rings. The van der Waals surface area contributed by atoms with Crippen molar-refractivity contribution >= 4 is 87.4 Å². The van der Waals surface area contributed by atoms with Crippen molar-refractivity contribution in [1.29, 1.82) is 5.26 Å². The van der Waals surface area contributed by atoms with Gasteiger partial charge >= 0.3 is 0 Å². The molecule has 0 atom stereocenters. The van der Waals surface area contributed by atoms with Crippen molar-refractivity contribution in [3.05, 3.63) is 227 Å². The van der Waals surface area contributed by atoms with Gasteiger partial charge in [0.25, 0.3) is 0 Å². The standard InChI is InChI=1S/C88H85N7O/c1-83(2,3)53-32-38-68-61(44-53)62-45-54(84(4,5)6)33-39-69(62)93(68)75-67(50-89)76(94-70-40-34-55(85(7,8)9)46-63(70)64-47-56(86(10,11)12)35-41-71(64)94)79-74(77(75)95-72-42-36-57(87(13,14)15)48-65(72)66-49-58(88(16,17)18)37-43-73(66)95)59-30-25-31-60(78(59)96-79)82-91-80(51-26-21-19-22-27-51)90-81(92-82)52-28-23-20-24-29-52/h19-49H,1-18H3. The van der Waals surface area contributed by atoms with Gasteiger partial charge in [-0.25, -0.2) is 15.0 Å². The van der Waals surface area contributed by atoms with Crippen LogP contribution < -0.4 is 0 Å². The maximum Gasteiger partial charge on any atom is 0.167 e. The van der Waals surface area contributed by atoms with Crippen LogP contribution in [-0.4, -0.2) is 28.7 Å². The zero-order valence-electron chi connectivity index (χ0n) is 58.9. The molecule has 0 bridgehead atoms. The lowest BCUT2D eigenvalue weighted by Crippen LogP contribution is -2.13. The second-order valence-corrected chi connectivity index (χ2v) is 33.0. The molecule has 0 saturated heterocycles. The summed E-state index contributed by atoms with van der Waals surface area (Å²) in [5.74, 6) is 1.55. The first-order valence-electron chi connectivity index (χ1n) is 34.0. The first kappa shape index (κ1) is 62.0. The number of fused-ring (bicyclic) bond motifs is 12. The number of hydrogen-bond acceptors (Lipinski definition) is 5. The summed E-state index contributed by atoms with van der Waals surface area (Å²) in [7, 11) is 0. The normalized spacial score (nSPS) is 13.1. The fourth-order valence-corrected chi connectivity index (χ4v) is 14.4. The summed E-state index contributed by atoms with van der Waals surface area (Å²) in [4.78, 5) is 16.0. The van der Waals surface area contributed by atoms with Gasteiger partial charge in [-0.1, -0.05) is 234 Å². The fraction of sp³-hybridized carbons (Fsp3) is 0.273. The zero-order chi connectivity index (χ0) is 67.7. The molecule has 96 heavy (non-hydrogen) atoms. The van der Waals surface area contributed by atoms with E-state index in [4.69, 9.17) is 19.4 Å². The van der Waals surface area contributed by atoms with Gasteiger partial charge in [-0.05, 0) is 145 Å². The highest BCUT2D eigenvalue weighted by molar-refractivity contribution is 6.22. The average Bonchev–Trinajstić information content (AvgIpc) is 1.51. The van der Waals surface area contributed by atoms with Crippen LogP contribution in [0, 0.1) is 11.3 Å². The van der Waals surface area contributed by atoms with Crippen molar-refractivity contribution in [3.8, 4) is 57.3 Å². The molecule has 0 radical (unpaired) electrons. The first-order valence-corrected chi connectivity index (χ1v) is 34.0. The number of hydrogen-bond donors (Lipinski definition) is 0. The minimum absolute atomic E-state index is 0.157. The second-order valence-electron chi connectivity index (χ2n) is 33.0. The van der Waals surface area contributed by atoms with Gasteiger partial charge in [0, 0.05) is 48.8 Å². The molecule has 8 heteroatoms. The Morgan fingerprint density at radius 3 is 0.917 bits per heavy atom. The summed E-state index contributed by atoms with van der Waals surface area (Å²) in [6, 6.07) is 71.7. The molecule has 5 heterocycles.